The van der Waals surface area contributed by atoms with Crippen LogP contribution < -0.4 is 19.6 Å². The summed E-state index contributed by atoms with van der Waals surface area (Å²) in [7, 11) is 0. The molecule has 2 heterocycles. The van der Waals surface area contributed by atoms with Crippen LogP contribution in [0.5, 0.6) is 5.75 Å². The molecule has 0 spiro atoms. The largest absolute Gasteiger partial charge is 0.493 e. The molecule has 1 unspecified atom stereocenters. The maximum absolute atomic E-state index is 13.7. The van der Waals surface area contributed by atoms with Crippen LogP contribution in [0.1, 0.15) is 51.3 Å². The molecule has 0 bridgehead atoms. The number of aromatic nitrogens is 1. The summed E-state index contributed by atoms with van der Waals surface area (Å²) in [5.41, 5.74) is 2.17. The van der Waals surface area contributed by atoms with Gasteiger partial charge in [-0.2, -0.15) is 0 Å². The van der Waals surface area contributed by atoms with Gasteiger partial charge in [0.1, 0.15) is 5.75 Å². The molecule has 0 amide bonds. The van der Waals surface area contributed by atoms with Gasteiger partial charge >= 0.3 is 5.97 Å². The lowest BCUT2D eigenvalue weighted by Gasteiger charge is -2.25. The summed E-state index contributed by atoms with van der Waals surface area (Å²) >= 11 is 7.51. The van der Waals surface area contributed by atoms with Gasteiger partial charge < -0.3 is 9.47 Å². The van der Waals surface area contributed by atoms with Crippen molar-refractivity contribution in [3.8, 4) is 5.75 Å². The van der Waals surface area contributed by atoms with Crippen LogP contribution in [-0.4, -0.2) is 23.2 Å². The van der Waals surface area contributed by atoms with Crippen molar-refractivity contribution in [1.82, 2.24) is 4.57 Å². The Kier molecular flexibility index (Phi) is 7.57. The third-order valence-electron chi connectivity index (χ3n) is 5.42. The molecule has 0 fully saturated rings. The van der Waals surface area contributed by atoms with Crippen molar-refractivity contribution in [2.24, 2.45) is 4.99 Å². The highest BCUT2D eigenvalue weighted by Gasteiger charge is 2.33. The molecule has 182 valence electrons. The summed E-state index contributed by atoms with van der Waals surface area (Å²) in [6.45, 7) is 7.95. The molecule has 3 aromatic rings. The smallest absolute Gasteiger partial charge is 0.338 e. The second kappa shape index (κ2) is 10.6. The molecule has 1 aliphatic rings. The average molecular weight is 511 g/mol. The molecular formula is C27H27ClN2O4S. The molecule has 2 aromatic carbocycles. The van der Waals surface area contributed by atoms with Gasteiger partial charge in [-0.3, -0.25) is 9.36 Å². The molecule has 0 saturated carbocycles. The van der Waals surface area contributed by atoms with E-state index in [9.17, 15) is 9.59 Å². The molecule has 8 heteroatoms. The minimum Gasteiger partial charge on any atom is -0.493 e. The third-order valence-corrected chi connectivity index (χ3v) is 6.64. The van der Waals surface area contributed by atoms with E-state index in [-0.39, 0.29) is 11.7 Å². The number of benzene rings is 2. The topological polar surface area (TPSA) is 69.9 Å². The number of rotatable bonds is 7. The summed E-state index contributed by atoms with van der Waals surface area (Å²) in [6, 6.07) is 14.2. The Balaban J connectivity index is 1.92. The summed E-state index contributed by atoms with van der Waals surface area (Å²) in [5, 5.41) is 0.546. The van der Waals surface area contributed by atoms with Crippen molar-refractivity contribution in [3.05, 3.63) is 95.6 Å². The van der Waals surface area contributed by atoms with Crippen LogP contribution in [0, 0.1) is 0 Å². The van der Waals surface area contributed by atoms with Gasteiger partial charge in [-0.15, -0.1) is 0 Å². The van der Waals surface area contributed by atoms with Crippen LogP contribution in [0.25, 0.3) is 6.08 Å². The van der Waals surface area contributed by atoms with Crippen LogP contribution in [0.2, 0.25) is 5.02 Å². The zero-order valence-electron chi connectivity index (χ0n) is 20.1. The van der Waals surface area contributed by atoms with Gasteiger partial charge in [-0.05, 0) is 57.0 Å². The first-order chi connectivity index (χ1) is 16.8. The number of nitrogens with zero attached hydrogens (tertiary/aromatic N) is 2. The van der Waals surface area contributed by atoms with Gasteiger partial charge in [0, 0.05) is 10.6 Å². The van der Waals surface area contributed by atoms with Gasteiger partial charge in [-0.1, -0.05) is 60.2 Å². The van der Waals surface area contributed by atoms with Crippen molar-refractivity contribution < 1.29 is 14.3 Å². The molecule has 0 N–H and O–H groups in total. The van der Waals surface area contributed by atoms with Crippen LogP contribution in [0.4, 0.5) is 0 Å². The fourth-order valence-corrected chi connectivity index (χ4v) is 5.15. The van der Waals surface area contributed by atoms with E-state index < -0.39 is 12.0 Å². The lowest BCUT2D eigenvalue weighted by atomic mass is 9.96. The molecule has 4 rings (SSSR count). The quantitative estimate of drug-likeness (QED) is 0.434. The minimum atomic E-state index is -0.643. The molecular weight excluding hydrogens is 484 g/mol. The number of hydrogen-bond donors (Lipinski definition) is 0. The van der Waals surface area contributed by atoms with E-state index in [1.54, 1.807) is 49.6 Å². The highest BCUT2D eigenvalue weighted by Crippen LogP contribution is 2.31. The second-order valence-corrected chi connectivity index (χ2v) is 9.92. The highest BCUT2D eigenvalue weighted by molar-refractivity contribution is 7.07. The SMILES string of the molecule is CCCOc1ccc(Cl)cc1C=c1sc2n(c1=O)C(c1ccccc1)C(C(=O)OC(C)C)=C(C)N=2. The average Bonchev–Trinajstić information content (AvgIpc) is 3.12. The zero-order chi connectivity index (χ0) is 25.1. The molecule has 0 radical (unpaired) electrons. The Morgan fingerprint density at radius 2 is 1.97 bits per heavy atom. The Labute approximate surface area is 212 Å². The fraction of sp³-hybridized carbons (Fsp3) is 0.296. The summed E-state index contributed by atoms with van der Waals surface area (Å²) < 4.78 is 13.4. The maximum Gasteiger partial charge on any atom is 0.338 e. The van der Waals surface area contributed by atoms with Crippen molar-refractivity contribution in [2.75, 3.05) is 6.61 Å². The molecule has 6 nitrogen and oxygen atoms in total. The van der Waals surface area contributed by atoms with E-state index in [2.05, 4.69) is 4.99 Å². The molecule has 1 atom stereocenters. The number of halogens is 1. The number of esters is 1. The first-order valence-electron chi connectivity index (χ1n) is 11.5. The van der Waals surface area contributed by atoms with E-state index in [4.69, 9.17) is 21.1 Å². The minimum absolute atomic E-state index is 0.244. The Morgan fingerprint density at radius 3 is 2.66 bits per heavy atom. The predicted molar refractivity (Wildman–Crippen MR) is 139 cm³/mol. The number of carbonyl (C=O) groups excluding carboxylic acids is 1. The third kappa shape index (κ3) is 5.26. The summed E-state index contributed by atoms with van der Waals surface area (Å²) in [5.74, 6) is 0.175. The summed E-state index contributed by atoms with van der Waals surface area (Å²) in [4.78, 5) is 32.0. The first kappa shape index (κ1) is 24.9. The first-order valence-corrected chi connectivity index (χ1v) is 12.7. The van der Waals surface area contributed by atoms with E-state index >= 15 is 0 Å². The van der Waals surface area contributed by atoms with Gasteiger partial charge in [0.2, 0.25) is 0 Å². The van der Waals surface area contributed by atoms with Crippen molar-refractivity contribution in [2.45, 2.75) is 46.3 Å². The monoisotopic (exact) mass is 510 g/mol. The highest BCUT2D eigenvalue weighted by atomic mass is 35.5. The van der Waals surface area contributed by atoms with E-state index in [0.717, 1.165) is 12.0 Å². The van der Waals surface area contributed by atoms with Crippen LogP contribution >= 0.6 is 22.9 Å². The lowest BCUT2D eigenvalue weighted by Crippen LogP contribution is -2.40. The van der Waals surface area contributed by atoms with Crippen LogP contribution in [0.15, 0.2) is 69.6 Å². The summed E-state index contributed by atoms with van der Waals surface area (Å²) in [6.07, 6.45) is 2.33. The number of hydrogen-bond acceptors (Lipinski definition) is 6. The van der Waals surface area contributed by atoms with E-state index in [1.165, 1.54) is 11.3 Å². The van der Waals surface area contributed by atoms with E-state index in [0.29, 0.717) is 43.5 Å². The molecule has 35 heavy (non-hydrogen) atoms. The van der Waals surface area contributed by atoms with Crippen molar-refractivity contribution in [3.63, 3.8) is 0 Å². The number of ether oxygens (including phenoxy) is 2. The normalized spacial score (nSPS) is 15.7. The molecule has 0 saturated heterocycles. The fourth-order valence-electron chi connectivity index (χ4n) is 3.93. The second-order valence-electron chi connectivity index (χ2n) is 8.48. The maximum atomic E-state index is 13.7. The Hall–Kier alpha value is -3.16. The zero-order valence-corrected chi connectivity index (χ0v) is 21.7. The molecule has 0 aliphatic carbocycles. The van der Waals surface area contributed by atoms with Gasteiger partial charge in [-0.25, -0.2) is 9.79 Å². The predicted octanol–water partition coefficient (Wildman–Crippen LogP) is 4.63. The van der Waals surface area contributed by atoms with Gasteiger partial charge in [0.15, 0.2) is 4.80 Å². The standard InChI is InChI=1S/C27H27ClN2O4S/c1-5-13-33-21-12-11-20(28)14-19(21)15-22-25(31)30-24(18-9-7-6-8-10-18)23(26(32)34-16(2)3)17(4)29-27(30)35-22/h6-12,14-16,24H,5,13H2,1-4H3. The Morgan fingerprint density at radius 1 is 1.23 bits per heavy atom. The Bertz CT molecular complexity index is 1450. The van der Waals surface area contributed by atoms with Crippen molar-refractivity contribution in [1.29, 1.82) is 0 Å². The van der Waals surface area contributed by atoms with E-state index in [1.807, 2.05) is 37.3 Å². The molecule has 1 aromatic heterocycles. The van der Waals surface area contributed by atoms with Gasteiger partial charge in [0.05, 0.1) is 34.6 Å². The van der Waals surface area contributed by atoms with Crippen LogP contribution in [-0.2, 0) is 9.53 Å². The lowest BCUT2D eigenvalue weighted by molar-refractivity contribution is -0.143. The number of allylic oxidation sites excluding steroid dienone is 1. The number of thiazole rings is 1. The number of fused-ring (bicyclic) bond motifs is 1. The number of carbonyl (C=O) groups is 1. The van der Waals surface area contributed by atoms with Crippen molar-refractivity contribution >= 4 is 35.0 Å². The van der Waals surface area contributed by atoms with Crippen LogP contribution in [0.3, 0.4) is 0 Å². The molecule has 1 aliphatic heterocycles. The van der Waals surface area contributed by atoms with Gasteiger partial charge in [0.25, 0.3) is 5.56 Å².